The molecule has 1 saturated heterocycles. The van der Waals surface area contributed by atoms with Crippen LogP contribution in [0.4, 0.5) is 4.79 Å². The highest BCUT2D eigenvalue weighted by Crippen LogP contribution is 2.23. The lowest BCUT2D eigenvalue weighted by molar-refractivity contribution is -0.124. The Labute approximate surface area is 110 Å². The number of carbonyl (C=O) groups excluding carboxylic acids is 2. The molecule has 1 fully saturated rings. The zero-order valence-electron chi connectivity index (χ0n) is 12.2. The summed E-state index contributed by atoms with van der Waals surface area (Å²) >= 11 is 0. The molecular weight excluding hydrogens is 230 g/mol. The largest absolute Gasteiger partial charge is 0.444 e. The van der Waals surface area contributed by atoms with E-state index in [9.17, 15) is 9.59 Å². The maximum atomic E-state index is 12.1. The Balaban J connectivity index is 2.64. The van der Waals surface area contributed by atoms with E-state index in [4.69, 9.17) is 4.74 Å². The van der Waals surface area contributed by atoms with Crippen molar-refractivity contribution in [1.82, 2.24) is 4.90 Å². The van der Waals surface area contributed by atoms with Gasteiger partial charge in [0.2, 0.25) is 0 Å². The Hall–Kier alpha value is -1.06. The third-order valence-electron chi connectivity index (χ3n) is 2.86. The molecule has 1 aliphatic heterocycles. The van der Waals surface area contributed by atoms with Crippen LogP contribution in [0.3, 0.4) is 0 Å². The van der Waals surface area contributed by atoms with Crippen LogP contribution in [0.25, 0.3) is 0 Å². The molecule has 0 N–H and O–H groups in total. The standard InChI is InChI=1S/C14H25NO3/c1-10(2)9-12(16)11-7-6-8-15(11)13(17)18-14(3,4)5/h10-11H,6-9H2,1-5H3. The zero-order chi connectivity index (χ0) is 13.9. The first-order valence-corrected chi connectivity index (χ1v) is 6.73. The van der Waals surface area contributed by atoms with E-state index >= 15 is 0 Å². The molecule has 18 heavy (non-hydrogen) atoms. The number of carbonyl (C=O) groups is 2. The minimum Gasteiger partial charge on any atom is -0.444 e. The second-order valence-corrected chi connectivity index (χ2v) is 6.40. The summed E-state index contributed by atoms with van der Waals surface area (Å²) in [6.07, 6.45) is 1.82. The molecule has 1 rings (SSSR count). The summed E-state index contributed by atoms with van der Waals surface area (Å²) in [5, 5.41) is 0. The molecule has 0 spiro atoms. The van der Waals surface area contributed by atoms with Gasteiger partial charge in [0.05, 0.1) is 6.04 Å². The molecule has 1 heterocycles. The number of likely N-dealkylation sites (tertiary alicyclic amines) is 1. The second kappa shape index (κ2) is 5.72. The van der Waals surface area contributed by atoms with Crippen molar-refractivity contribution >= 4 is 11.9 Å². The summed E-state index contributed by atoms with van der Waals surface area (Å²) < 4.78 is 5.34. The predicted molar refractivity (Wildman–Crippen MR) is 70.4 cm³/mol. The van der Waals surface area contributed by atoms with Gasteiger partial charge in [-0.05, 0) is 39.5 Å². The van der Waals surface area contributed by atoms with Crippen LogP contribution in [0.15, 0.2) is 0 Å². The highest BCUT2D eigenvalue weighted by Gasteiger charge is 2.36. The van der Waals surface area contributed by atoms with Crippen LogP contribution < -0.4 is 0 Å². The second-order valence-electron chi connectivity index (χ2n) is 6.40. The van der Waals surface area contributed by atoms with E-state index in [1.54, 1.807) is 4.90 Å². The summed E-state index contributed by atoms with van der Waals surface area (Å²) in [6, 6.07) is -0.276. The molecule has 1 atom stereocenters. The van der Waals surface area contributed by atoms with Crippen molar-refractivity contribution < 1.29 is 14.3 Å². The molecule has 4 nitrogen and oxygen atoms in total. The smallest absolute Gasteiger partial charge is 0.410 e. The van der Waals surface area contributed by atoms with Gasteiger partial charge >= 0.3 is 6.09 Å². The van der Waals surface area contributed by atoms with Crippen molar-refractivity contribution in [2.24, 2.45) is 5.92 Å². The minimum atomic E-state index is -0.509. The first-order valence-electron chi connectivity index (χ1n) is 6.73. The van der Waals surface area contributed by atoms with Crippen molar-refractivity contribution in [3.63, 3.8) is 0 Å². The van der Waals surface area contributed by atoms with E-state index in [-0.39, 0.29) is 17.9 Å². The number of rotatable bonds is 3. The number of Topliss-reactive ketones (excluding diaryl/α,β-unsaturated/α-hetero) is 1. The van der Waals surface area contributed by atoms with E-state index in [0.717, 1.165) is 12.8 Å². The highest BCUT2D eigenvalue weighted by atomic mass is 16.6. The highest BCUT2D eigenvalue weighted by molar-refractivity contribution is 5.88. The van der Waals surface area contributed by atoms with Crippen molar-refractivity contribution in [3.05, 3.63) is 0 Å². The Morgan fingerprint density at radius 3 is 2.44 bits per heavy atom. The topological polar surface area (TPSA) is 46.6 Å². The first-order chi connectivity index (χ1) is 8.20. The molecule has 4 heteroatoms. The van der Waals surface area contributed by atoms with Gasteiger partial charge in [-0.25, -0.2) is 4.79 Å². The summed E-state index contributed by atoms with van der Waals surface area (Å²) in [4.78, 5) is 25.7. The Kier molecular flexibility index (Phi) is 4.77. The molecular formula is C14H25NO3. The first kappa shape index (κ1) is 15.0. The lowest BCUT2D eigenvalue weighted by atomic mass is 10.0. The van der Waals surface area contributed by atoms with Gasteiger partial charge < -0.3 is 4.74 Å². The fourth-order valence-corrected chi connectivity index (χ4v) is 2.18. The van der Waals surface area contributed by atoms with Crippen molar-refractivity contribution in [2.75, 3.05) is 6.54 Å². The molecule has 1 amide bonds. The maximum absolute atomic E-state index is 12.1. The molecule has 104 valence electrons. The number of hydrogen-bond donors (Lipinski definition) is 0. The SMILES string of the molecule is CC(C)CC(=O)C1CCCN1C(=O)OC(C)(C)C. The van der Waals surface area contributed by atoms with Gasteiger partial charge in [-0.3, -0.25) is 9.69 Å². The summed E-state index contributed by atoms with van der Waals surface area (Å²) in [7, 11) is 0. The van der Waals surface area contributed by atoms with Crippen molar-refractivity contribution in [1.29, 1.82) is 0 Å². The quantitative estimate of drug-likeness (QED) is 0.778. The lowest BCUT2D eigenvalue weighted by Crippen LogP contribution is -2.43. The van der Waals surface area contributed by atoms with Crippen molar-refractivity contribution in [3.8, 4) is 0 Å². The summed E-state index contributed by atoms with van der Waals surface area (Å²) in [5.41, 5.74) is -0.509. The average Bonchev–Trinajstić information content (AvgIpc) is 2.61. The van der Waals surface area contributed by atoms with Gasteiger partial charge in [-0.15, -0.1) is 0 Å². The van der Waals surface area contributed by atoms with E-state index in [1.165, 1.54) is 0 Å². The zero-order valence-corrected chi connectivity index (χ0v) is 12.2. The van der Waals surface area contributed by atoms with E-state index in [1.807, 2.05) is 34.6 Å². The molecule has 1 aliphatic rings. The van der Waals surface area contributed by atoms with Gasteiger partial charge in [0, 0.05) is 13.0 Å². The number of ketones is 1. The molecule has 0 saturated carbocycles. The number of nitrogens with zero attached hydrogens (tertiary/aromatic N) is 1. The molecule has 0 radical (unpaired) electrons. The minimum absolute atomic E-state index is 0.161. The van der Waals surface area contributed by atoms with Gasteiger partial charge in [0.25, 0.3) is 0 Å². The van der Waals surface area contributed by atoms with E-state index < -0.39 is 5.60 Å². The predicted octanol–water partition coefficient (Wildman–Crippen LogP) is 3.00. The molecule has 0 bridgehead atoms. The Morgan fingerprint density at radius 2 is 1.94 bits per heavy atom. The molecule has 1 unspecified atom stereocenters. The number of hydrogen-bond acceptors (Lipinski definition) is 3. The monoisotopic (exact) mass is 255 g/mol. The lowest BCUT2D eigenvalue weighted by Gasteiger charge is -2.28. The third-order valence-corrected chi connectivity index (χ3v) is 2.86. The van der Waals surface area contributed by atoms with Gasteiger partial charge in [-0.1, -0.05) is 13.8 Å². The van der Waals surface area contributed by atoms with Crippen LogP contribution in [0.2, 0.25) is 0 Å². The summed E-state index contributed by atoms with van der Waals surface area (Å²) in [5.74, 6) is 0.493. The summed E-state index contributed by atoms with van der Waals surface area (Å²) in [6.45, 7) is 10.2. The Bertz CT molecular complexity index is 317. The van der Waals surface area contributed by atoms with Crippen LogP contribution in [0, 0.1) is 5.92 Å². The van der Waals surface area contributed by atoms with Crippen LogP contribution in [-0.2, 0) is 9.53 Å². The normalized spacial score (nSPS) is 20.3. The third kappa shape index (κ3) is 4.31. The van der Waals surface area contributed by atoms with Gasteiger partial charge in [0.15, 0.2) is 5.78 Å². The van der Waals surface area contributed by atoms with Crippen LogP contribution >= 0.6 is 0 Å². The fraction of sp³-hybridized carbons (Fsp3) is 0.857. The molecule has 0 aromatic rings. The van der Waals surface area contributed by atoms with E-state index in [2.05, 4.69) is 0 Å². The molecule has 0 aromatic carbocycles. The number of ether oxygens (including phenoxy) is 1. The maximum Gasteiger partial charge on any atom is 0.410 e. The molecule has 0 aromatic heterocycles. The van der Waals surface area contributed by atoms with E-state index in [0.29, 0.717) is 18.9 Å². The van der Waals surface area contributed by atoms with Crippen LogP contribution in [0.5, 0.6) is 0 Å². The number of amides is 1. The average molecular weight is 255 g/mol. The van der Waals surface area contributed by atoms with Gasteiger partial charge in [-0.2, -0.15) is 0 Å². The van der Waals surface area contributed by atoms with Crippen molar-refractivity contribution in [2.45, 2.75) is 65.5 Å². The molecule has 0 aliphatic carbocycles. The van der Waals surface area contributed by atoms with Crippen LogP contribution in [-0.4, -0.2) is 35.0 Å². The van der Waals surface area contributed by atoms with Gasteiger partial charge in [0.1, 0.15) is 5.60 Å². The van der Waals surface area contributed by atoms with Crippen LogP contribution in [0.1, 0.15) is 53.9 Å². The Morgan fingerprint density at radius 1 is 1.33 bits per heavy atom. The fourth-order valence-electron chi connectivity index (χ4n) is 2.18.